The summed E-state index contributed by atoms with van der Waals surface area (Å²) in [4.78, 5) is 25.5. The Morgan fingerprint density at radius 3 is 2.64 bits per heavy atom. The van der Waals surface area contributed by atoms with Gasteiger partial charge in [0.05, 0.1) is 18.4 Å². The van der Waals surface area contributed by atoms with E-state index in [9.17, 15) is 9.59 Å². The molecule has 1 aromatic carbocycles. The highest BCUT2D eigenvalue weighted by Crippen LogP contribution is 2.30. The molecule has 3 aromatic rings. The minimum absolute atomic E-state index is 0.123. The summed E-state index contributed by atoms with van der Waals surface area (Å²) in [6.07, 6.45) is 0.456. The van der Waals surface area contributed by atoms with E-state index in [0.29, 0.717) is 21.5 Å². The fourth-order valence-corrected chi connectivity index (χ4v) is 4.83. The van der Waals surface area contributed by atoms with Crippen LogP contribution >= 0.6 is 23.1 Å². The first-order valence-electron chi connectivity index (χ1n) is 10.5. The molecule has 8 nitrogen and oxygen atoms in total. The van der Waals surface area contributed by atoms with Gasteiger partial charge in [-0.25, -0.2) is 4.79 Å². The van der Waals surface area contributed by atoms with Gasteiger partial charge in [0.1, 0.15) is 10.8 Å². The Hall–Kier alpha value is -2.85. The second-order valence-corrected chi connectivity index (χ2v) is 9.62. The Labute approximate surface area is 201 Å². The predicted molar refractivity (Wildman–Crippen MR) is 130 cm³/mol. The lowest BCUT2D eigenvalue weighted by molar-refractivity contribution is -0.113. The third-order valence-corrected chi connectivity index (χ3v) is 7.36. The molecule has 0 saturated carbocycles. The van der Waals surface area contributed by atoms with Crippen LogP contribution < -0.4 is 10.1 Å². The predicted octanol–water partition coefficient (Wildman–Crippen LogP) is 4.71. The van der Waals surface area contributed by atoms with Crippen molar-refractivity contribution in [3.63, 3.8) is 0 Å². The molecular formula is C23H28N4O4S2. The molecule has 0 aliphatic rings. The normalized spacial score (nSPS) is 11.8. The average molecular weight is 489 g/mol. The summed E-state index contributed by atoms with van der Waals surface area (Å²) < 4.78 is 12.7. The van der Waals surface area contributed by atoms with Crippen LogP contribution in [0.15, 0.2) is 29.4 Å². The zero-order chi connectivity index (χ0) is 24.1. The van der Waals surface area contributed by atoms with Gasteiger partial charge in [0.25, 0.3) is 0 Å². The van der Waals surface area contributed by atoms with Gasteiger partial charge in [-0.15, -0.1) is 21.5 Å². The summed E-state index contributed by atoms with van der Waals surface area (Å²) in [5, 5.41) is 12.4. The number of carbonyl (C=O) groups is 2. The standard InChI is InChI=1S/C23H28N4O4S2/c1-7-17-11-18(22(29)30-6)21(33-17)24-19(28)12-32-23-26-25-20(27(23)5)15(4)31-16-9-8-13(2)14(3)10-16/h8-11,15H,7,12H2,1-6H3,(H,24,28). The van der Waals surface area contributed by atoms with E-state index in [-0.39, 0.29) is 17.8 Å². The third kappa shape index (κ3) is 5.94. The van der Waals surface area contributed by atoms with Gasteiger partial charge >= 0.3 is 5.97 Å². The number of nitrogens with zero attached hydrogens (tertiary/aromatic N) is 3. The molecular weight excluding hydrogens is 460 g/mol. The molecule has 0 fully saturated rings. The number of aromatic nitrogens is 3. The lowest BCUT2D eigenvalue weighted by atomic mass is 10.1. The lowest BCUT2D eigenvalue weighted by Crippen LogP contribution is -2.16. The largest absolute Gasteiger partial charge is 0.483 e. The maximum absolute atomic E-state index is 12.5. The molecule has 2 heterocycles. The molecule has 0 aliphatic carbocycles. The molecule has 1 N–H and O–H groups in total. The Balaban J connectivity index is 1.62. The van der Waals surface area contributed by atoms with E-state index in [1.54, 1.807) is 6.07 Å². The van der Waals surface area contributed by atoms with E-state index in [0.717, 1.165) is 22.6 Å². The number of benzene rings is 1. The highest BCUT2D eigenvalue weighted by atomic mass is 32.2. The van der Waals surface area contributed by atoms with Gasteiger partial charge in [0, 0.05) is 11.9 Å². The van der Waals surface area contributed by atoms with E-state index in [1.165, 1.54) is 35.8 Å². The van der Waals surface area contributed by atoms with Gasteiger partial charge < -0.3 is 19.4 Å². The molecule has 3 rings (SSSR count). The van der Waals surface area contributed by atoms with Crippen LogP contribution in [0.3, 0.4) is 0 Å². The number of ether oxygens (including phenoxy) is 2. The molecule has 1 atom stereocenters. The van der Waals surface area contributed by atoms with Crippen LogP contribution in [0.1, 0.15) is 52.1 Å². The molecule has 0 saturated heterocycles. The summed E-state index contributed by atoms with van der Waals surface area (Å²) in [7, 11) is 3.17. The molecule has 0 radical (unpaired) electrons. The summed E-state index contributed by atoms with van der Waals surface area (Å²) in [5.41, 5.74) is 2.74. The van der Waals surface area contributed by atoms with Crippen LogP contribution in [-0.2, 0) is 23.0 Å². The number of thiophene rings is 1. The van der Waals surface area contributed by atoms with Crippen LogP contribution in [-0.4, -0.2) is 39.5 Å². The average Bonchev–Trinajstić information content (AvgIpc) is 3.37. The van der Waals surface area contributed by atoms with Gasteiger partial charge in [-0.05, 0) is 56.5 Å². The van der Waals surface area contributed by atoms with E-state index >= 15 is 0 Å². The first-order valence-corrected chi connectivity index (χ1v) is 12.3. The smallest absolute Gasteiger partial charge is 0.340 e. The monoisotopic (exact) mass is 488 g/mol. The number of thioether (sulfide) groups is 1. The van der Waals surface area contributed by atoms with Gasteiger partial charge in [-0.2, -0.15) is 0 Å². The summed E-state index contributed by atoms with van der Waals surface area (Å²) in [5.74, 6) is 0.849. The van der Waals surface area contributed by atoms with Crippen molar-refractivity contribution in [1.29, 1.82) is 0 Å². The summed E-state index contributed by atoms with van der Waals surface area (Å²) in [6.45, 7) is 8.01. The van der Waals surface area contributed by atoms with E-state index in [4.69, 9.17) is 9.47 Å². The van der Waals surface area contributed by atoms with Gasteiger partial charge in [-0.3, -0.25) is 4.79 Å². The van der Waals surface area contributed by atoms with E-state index in [1.807, 2.05) is 50.6 Å². The number of amides is 1. The third-order valence-electron chi connectivity index (χ3n) is 5.15. The van der Waals surface area contributed by atoms with Crippen molar-refractivity contribution in [2.75, 3.05) is 18.2 Å². The fourth-order valence-electron chi connectivity index (χ4n) is 3.11. The minimum atomic E-state index is -0.468. The van der Waals surface area contributed by atoms with Crippen LogP contribution in [0.5, 0.6) is 5.75 Å². The Kier molecular flexibility index (Phi) is 8.15. The minimum Gasteiger partial charge on any atom is -0.483 e. The van der Waals surface area contributed by atoms with Crippen molar-refractivity contribution >= 4 is 40.0 Å². The van der Waals surface area contributed by atoms with Crippen molar-refractivity contribution in [2.24, 2.45) is 7.05 Å². The fraction of sp³-hybridized carbons (Fsp3) is 0.391. The molecule has 1 unspecified atom stereocenters. The van der Waals surface area contributed by atoms with Crippen molar-refractivity contribution < 1.29 is 19.1 Å². The molecule has 33 heavy (non-hydrogen) atoms. The molecule has 0 aliphatic heterocycles. The zero-order valence-corrected chi connectivity index (χ0v) is 21.2. The number of aryl methyl sites for hydroxylation is 3. The van der Waals surface area contributed by atoms with Crippen molar-refractivity contribution in [3.05, 3.63) is 51.7 Å². The Morgan fingerprint density at radius 2 is 1.97 bits per heavy atom. The molecule has 0 spiro atoms. The highest BCUT2D eigenvalue weighted by molar-refractivity contribution is 7.99. The summed E-state index contributed by atoms with van der Waals surface area (Å²) >= 11 is 2.64. The first kappa shape index (κ1) is 24.8. The van der Waals surface area contributed by atoms with Crippen molar-refractivity contribution in [1.82, 2.24) is 14.8 Å². The number of nitrogens with one attached hydrogen (secondary N) is 1. The molecule has 2 aromatic heterocycles. The number of hydrogen-bond acceptors (Lipinski definition) is 8. The number of esters is 1. The van der Waals surface area contributed by atoms with Gasteiger partial charge in [-0.1, -0.05) is 24.8 Å². The maximum Gasteiger partial charge on any atom is 0.340 e. The number of rotatable bonds is 9. The number of methoxy groups -OCH3 is 1. The van der Waals surface area contributed by atoms with Gasteiger partial charge in [0.15, 0.2) is 17.1 Å². The molecule has 1 amide bonds. The Morgan fingerprint density at radius 1 is 1.21 bits per heavy atom. The molecule has 0 bridgehead atoms. The number of hydrogen-bond donors (Lipinski definition) is 1. The van der Waals surface area contributed by atoms with E-state index in [2.05, 4.69) is 22.4 Å². The van der Waals surface area contributed by atoms with Crippen LogP contribution in [0.4, 0.5) is 5.00 Å². The van der Waals surface area contributed by atoms with Crippen LogP contribution in [0, 0.1) is 13.8 Å². The quantitative estimate of drug-likeness (QED) is 0.344. The topological polar surface area (TPSA) is 95.3 Å². The second-order valence-electron chi connectivity index (χ2n) is 7.54. The Bertz CT molecular complexity index is 1160. The van der Waals surface area contributed by atoms with Crippen molar-refractivity contribution in [2.45, 2.75) is 45.4 Å². The first-order chi connectivity index (χ1) is 15.7. The molecule has 10 heteroatoms. The highest BCUT2D eigenvalue weighted by Gasteiger charge is 2.20. The SMILES string of the molecule is CCc1cc(C(=O)OC)c(NC(=O)CSc2nnc(C(C)Oc3ccc(C)c(C)c3)n2C)s1. The maximum atomic E-state index is 12.5. The van der Waals surface area contributed by atoms with Crippen LogP contribution in [0.25, 0.3) is 0 Å². The van der Waals surface area contributed by atoms with Crippen molar-refractivity contribution in [3.8, 4) is 5.75 Å². The molecule has 176 valence electrons. The zero-order valence-electron chi connectivity index (χ0n) is 19.6. The number of carbonyl (C=O) groups excluding carboxylic acids is 2. The van der Waals surface area contributed by atoms with Gasteiger partial charge in [0.2, 0.25) is 5.91 Å². The lowest BCUT2D eigenvalue weighted by Gasteiger charge is -2.15. The number of anilines is 1. The van der Waals surface area contributed by atoms with Crippen LogP contribution in [0.2, 0.25) is 0 Å². The second kappa shape index (κ2) is 10.8. The van der Waals surface area contributed by atoms with E-state index < -0.39 is 5.97 Å². The summed E-state index contributed by atoms with van der Waals surface area (Å²) in [6, 6.07) is 7.72.